The fourth-order valence-corrected chi connectivity index (χ4v) is 7.57. The topological polar surface area (TPSA) is 313 Å². The Morgan fingerprint density at radius 2 is 1.40 bits per heavy atom. The van der Waals surface area contributed by atoms with Crippen molar-refractivity contribution in [1.82, 2.24) is 52.2 Å². The summed E-state index contributed by atoms with van der Waals surface area (Å²) in [5.41, 5.74) is 14.0. The van der Waals surface area contributed by atoms with Crippen molar-refractivity contribution >= 4 is 58.2 Å². The van der Waals surface area contributed by atoms with Crippen LogP contribution in [0.25, 0.3) is 10.9 Å². The Labute approximate surface area is 377 Å². The molecule has 20 heteroatoms. The van der Waals surface area contributed by atoms with Crippen molar-refractivity contribution < 1.29 is 33.6 Å². The molecule has 13 N–H and O–H groups in total. The summed E-state index contributed by atoms with van der Waals surface area (Å²) in [7, 11) is 0. The molecule has 0 unspecified atom stereocenters. The molecule has 6 atom stereocenters. The monoisotopic (exact) mass is 895 g/mol. The van der Waals surface area contributed by atoms with E-state index in [1.807, 2.05) is 31.2 Å². The summed E-state index contributed by atoms with van der Waals surface area (Å²) in [5, 5.41) is 20.6. The van der Waals surface area contributed by atoms with Gasteiger partial charge in [0.1, 0.15) is 30.2 Å². The number of hydrogen-bond acceptors (Lipinski definition) is 9. The van der Waals surface area contributed by atoms with E-state index >= 15 is 0 Å². The second kappa shape index (κ2) is 24.6. The molecule has 65 heavy (non-hydrogen) atoms. The molecule has 0 radical (unpaired) electrons. The standard InChI is InChI=1S/C45H61N13O7/c1-27-11-8-9-19-49-39(60)18-17-35(54-28(2)59)41(62)58-38(23-31-25-48-26-52-31)44(65)56-36(21-29-12-4-3-5-13-29)43(64)55-34(16-10-20-50-45(46)47)40(61)57-37(42(63)53-27)22-30-24-51-33-15-7-6-14-32(30)33/h3-7,12-15,24-27,34-38,51H,8-11,16-23H2,1-2H3,(H,48,52)(H,49,60)(H,53,63)(H,54,59)(H,55,64)(H,56,65)(H,57,61)(H,58,62)(H4,46,47,50)/t27-,34+,35+,36-,37+,38+/m1/s1. The fraction of sp³-hybridized carbons (Fsp3) is 0.444. The van der Waals surface area contributed by atoms with E-state index in [1.165, 1.54) is 19.4 Å². The zero-order valence-corrected chi connectivity index (χ0v) is 36.8. The van der Waals surface area contributed by atoms with Gasteiger partial charge >= 0.3 is 0 Å². The van der Waals surface area contributed by atoms with Crippen LogP contribution >= 0.6 is 0 Å². The van der Waals surface area contributed by atoms with Gasteiger partial charge < -0.3 is 58.7 Å². The molecule has 4 aromatic rings. The smallest absolute Gasteiger partial charge is 0.243 e. The molecule has 0 bridgehead atoms. The first kappa shape index (κ1) is 48.8. The van der Waals surface area contributed by atoms with Crippen LogP contribution in [-0.2, 0) is 52.8 Å². The van der Waals surface area contributed by atoms with Gasteiger partial charge in [-0.25, -0.2) is 4.98 Å². The largest absolute Gasteiger partial charge is 0.370 e. The van der Waals surface area contributed by atoms with Crippen molar-refractivity contribution in [3.8, 4) is 0 Å². The number of nitrogens with two attached hydrogens (primary N) is 2. The second-order valence-corrected chi connectivity index (χ2v) is 16.3. The number of rotatable bonds is 11. The molecular formula is C45H61N13O7. The number of nitrogens with one attached hydrogen (secondary N) is 9. The van der Waals surface area contributed by atoms with E-state index in [2.05, 4.69) is 57.2 Å². The number of H-pyrrole nitrogens is 2. The average Bonchev–Trinajstić information content (AvgIpc) is 3.95. The highest BCUT2D eigenvalue weighted by molar-refractivity contribution is 5.97. The number of para-hydroxylation sites is 1. The number of carbonyl (C=O) groups excluding carboxylic acids is 7. The van der Waals surface area contributed by atoms with Crippen LogP contribution in [0.3, 0.4) is 0 Å². The molecule has 348 valence electrons. The van der Waals surface area contributed by atoms with Crippen LogP contribution in [0, 0.1) is 0 Å². The van der Waals surface area contributed by atoms with E-state index in [9.17, 15) is 33.6 Å². The molecule has 0 aliphatic carbocycles. The lowest BCUT2D eigenvalue weighted by molar-refractivity contribution is -0.135. The van der Waals surface area contributed by atoms with Gasteiger partial charge in [0, 0.05) is 80.7 Å². The van der Waals surface area contributed by atoms with E-state index in [0.29, 0.717) is 37.1 Å². The number of aromatic nitrogens is 3. The summed E-state index contributed by atoms with van der Waals surface area (Å²) in [6.07, 6.45) is 6.65. The summed E-state index contributed by atoms with van der Waals surface area (Å²) in [5.74, 6) is -4.29. The zero-order valence-electron chi connectivity index (χ0n) is 36.8. The predicted octanol–water partition coefficient (Wildman–Crippen LogP) is 0.00140. The first-order chi connectivity index (χ1) is 31.2. The molecule has 1 aliphatic rings. The average molecular weight is 896 g/mol. The molecule has 0 saturated carbocycles. The fourth-order valence-electron chi connectivity index (χ4n) is 7.57. The first-order valence-electron chi connectivity index (χ1n) is 21.9. The third-order valence-electron chi connectivity index (χ3n) is 11.0. The van der Waals surface area contributed by atoms with Crippen LogP contribution in [-0.4, -0.2) is 112 Å². The van der Waals surface area contributed by atoms with Crippen molar-refractivity contribution in [3.63, 3.8) is 0 Å². The maximum Gasteiger partial charge on any atom is 0.243 e. The van der Waals surface area contributed by atoms with Gasteiger partial charge in [-0.15, -0.1) is 0 Å². The normalized spacial score (nSPS) is 22.5. The quantitative estimate of drug-likeness (QED) is 0.0544. The Bertz CT molecular complexity index is 2260. The van der Waals surface area contributed by atoms with Crippen molar-refractivity contribution in [1.29, 1.82) is 0 Å². The molecule has 1 fully saturated rings. The number of aliphatic imine (C=N–C) groups is 1. The van der Waals surface area contributed by atoms with Crippen molar-refractivity contribution in [2.45, 2.75) is 114 Å². The Hall–Kier alpha value is -7.25. The summed E-state index contributed by atoms with van der Waals surface area (Å²) in [6, 6.07) is 10.1. The minimum atomic E-state index is -1.30. The van der Waals surface area contributed by atoms with Gasteiger partial charge in [-0.2, -0.15) is 0 Å². The number of amides is 7. The SMILES string of the molecule is CC(=O)N[C@H]1CCC(=O)NCCCC[C@@H](C)NC(=O)[C@H](Cc2c[nH]c3ccccc23)NC(=O)[C@H](CCCN=C(N)N)NC(=O)[C@@H](Cc2ccccc2)NC(=O)[C@H](Cc2cnc[nH]2)NC1=O. The third kappa shape index (κ3) is 15.8. The highest BCUT2D eigenvalue weighted by Gasteiger charge is 2.33. The molecule has 3 heterocycles. The van der Waals surface area contributed by atoms with Gasteiger partial charge in [-0.1, -0.05) is 48.5 Å². The van der Waals surface area contributed by atoms with E-state index < -0.39 is 65.7 Å². The van der Waals surface area contributed by atoms with Gasteiger partial charge in [0.2, 0.25) is 41.4 Å². The van der Waals surface area contributed by atoms with Crippen LogP contribution in [0.2, 0.25) is 0 Å². The van der Waals surface area contributed by atoms with Crippen molar-refractivity contribution in [2.24, 2.45) is 16.5 Å². The number of imidazole rings is 1. The molecule has 2 aromatic carbocycles. The highest BCUT2D eigenvalue weighted by atomic mass is 16.2. The molecule has 7 amide bonds. The van der Waals surface area contributed by atoms with Gasteiger partial charge in [-0.05, 0) is 62.6 Å². The minimum Gasteiger partial charge on any atom is -0.370 e. The predicted molar refractivity (Wildman–Crippen MR) is 243 cm³/mol. The van der Waals surface area contributed by atoms with Gasteiger partial charge in [0.15, 0.2) is 5.96 Å². The number of carbonyl (C=O) groups is 7. The number of nitrogens with zero attached hydrogens (tertiary/aromatic N) is 2. The van der Waals surface area contributed by atoms with Crippen LogP contribution in [0.4, 0.5) is 0 Å². The summed E-state index contributed by atoms with van der Waals surface area (Å²) in [6.45, 7) is 3.57. The van der Waals surface area contributed by atoms with E-state index in [0.717, 1.165) is 16.5 Å². The van der Waals surface area contributed by atoms with E-state index in [1.54, 1.807) is 36.5 Å². The van der Waals surface area contributed by atoms with Crippen molar-refractivity contribution in [2.75, 3.05) is 13.1 Å². The van der Waals surface area contributed by atoms with Crippen LogP contribution < -0.4 is 48.7 Å². The van der Waals surface area contributed by atoms with Gasteiger partial charge in [0.05, 0.1) is 6.33 Å². The number of fused-ring (bicyclic) bond motifs is 1. The molecule has 0 spiro atoms. The molecular weight excluding hydrogens is 835 g/mol. The Morgan fingerprint density at radius 3 is 2.11 bits per heavy atom. The number of aromatic amines is 2. The van der Waals surface area contributed by atoms with Crippen LogP contribution in [0.1, 0.15) is 75.6 Å². The first-order valence-corrected chi connectivity index (χ1v) is 21.9. The highest BCUT2D eigenvalue weighted by Crippen LogP contribution is 2.20. The van der Waals surface area contributed by atoms with Crippen LogP contribution in [0.5, 0.6) is 0 Å². The minimum absolute atomic E-state index is 0.0153. The summed E-state index contributed by atoms with van der Waals surface area (Å²) >= 11 is 0. The Morgan fingerprint density at radius 1 is 0.754 bits per heavy atom. The lowest BCUT2D eigenvalue weighted by atomic mass is 10.0. The second-order valence-electron chi connectivity index (χ2n) is 16.3. The van der Waals surface area contributed by atoms with Crippen LogP contribution in [0.15, 0.2) is 78.3 Å². The third-order valence-corrected chi connectivity index (χ3v) is 11.0. The number of hydrogen-bond donors (Lipinski definition) is 11. The molecule has 1 aliphatic heterocycles. The van der Waals surface area contributed by atoms with E-state index in [-0.39, 0.29) is 69.4 Å². The number of benzene rings is 2. The zero-order chi connectivity index (χ0) is 46.7. The van der Waals surface area contributed by atoms with Crippen molar-refractivity contribution in [3.05, 3.63) is 90.1 Å². The molecule has 2 aromatic heterocycles. The Kier molecular flexibility index (Phi) is 18.4. The molecule has 1 saturated heterocycles. The maximum absolute atomic E-state index is 14.5. The lowest BCUT2D eigenvalue weighted by Crippen LogP contribution is -2.60. The molecule has 20 nitrogen and oxygen atoms in total. The lowest BCUT2D eigenvalue weighted by Gasteiger charge is -2.27. The Balaban J connectivity index is 1.50. The van der Waals surface area contributed by atoms with Gasteiger partial charge in [-0.3, -0.25) is 38.6 Å². The van der Waals surface area contributed by atoms with E-state index in [4.69, 9.17) is 11.5 Å². The number of guanidine groups is 1. The van der Waals surface area contributed by atoms with Gasteiger partial charge in [0.25, 0.3) is 0 Å². The maximum atomic E-state index is 14.5. The summed E-state index contributed by atoms with van der Waals surface area (Å²) in [4.78, 5) is 111. The molecule has 5 rings (SSSR count). The summed E-state index contributed by atoms with van der Waals surface area (Å²) < 4.78 is 0.